The normalized spacial score (nSPS) is 20.7. The maximum atomic E-state index is 3.79. The highest BCUT2D eigenvalue weighted by molar-refractivity contribution is 5.32. The maximum absolute atomic E-state index is 3.79. The molecule has 4 rings (SSSR count). The van der Waals surface area contributed by atoms with E-state index in [0.717, 1.165) is 26.1 Å². The monoisotopic (exact) mass is 356 g/mol. The minimum atomic E-state index is 0.0708. The Balaban J connectivity index is 1.62. The van der Waals surface area contributed by atoms with Gasteiger partial charge in [-0.15, -0.1) is 0 Å². The highest BCUT2D eigenvalue weighted by Gasteiger charge is 2.34. The molecule has 0 spiro atoms. The van der Waals surface area contributed by atoms with E-state index < -0.39 is 0 Å². The van der Waals surface area contributed by atoms with Gasteiger partial charge in [-0.3, -0.25) is 4.90 Å². The van der Waals surface area contributed by atoms with Gasteiger partial charge < -0.3 is 5.32 Å². The summed E-state index contributed by atoms with van der Waals surface area (Å²) in [6.07, 6.45) is 1.04. The molecule has 0 aliphatic carbocycles. The van der Waals surface area contributed by atoms with Crippen molar-refractivity contribution in [1.29, 1.82) is 0 Å². The van der Waals surface area contributed by atoms with Crippen molar-refractivity contribution in [3.05, 3.63) is 108 Å². The second kappa shape index (κ2) is 8.08. The average Bonchev–Trinajstić information content (AvgIpc) is 2.70. The summed E-state index contributed by atoms with van der Waals surface area (Å²) in [6, 6.07) is 33.0. The van der Waals surface area contributed by atoms with E-state index in [0.29, 0.717) is 6.04 Å². The van der Waals surface area contributed by atoms with Gasteiger partial charge in [-0.1, -0.05) is 91.0 Å². The van der Waals surface area contributed by atoms with Gasteiger partial charge in [0.15, 0.2) is 0 Å². The predicted octanol–water partition coefficient (Wildman–Crippen LogP) is 4.68. The molecule has 1 saturated heterocycles. The van der Waals surface area contributed by atoms with Crippen LogP contribution in [0.25, 0.3) is 0 Å². The summed E-state index contributed by atoms with van der Waals surface area (Å²) in [5.74, 6) is 0. The topological polar surface area (TPSA) is 15.3 Å². The van der Waals surface area contributed by atoms with Crippen LogP contribution in [0.15, 0.2) is 91.0 Å². The number of rotatable bonds is 5. The lowest BCUT2D eigenvalue weighted by Gasteiger charge is -2.45. The highest BCUT2D eigenvalue weighted by Crippen LogP contribution is 2.31. The zero-order chi connectivity index (χ0) is 18.5. The molecule has 2 nitrogen and oxygen atoms in total. The van der Waals surface area contributed by atoms with E-state index in [2.05, 4.69) is 108 Å². The highest BCUT2D eigenvalue weighted by atomic mass is 15.2. The number of nitrogens with zero attached hydrogens (tertiary/aromatic N) is 1. The summed E-state index contributed by atoms with van der Waals surface area (Å²) in [4.78, 5) is 2.64. The van der Waals surface area contributed by atoms with E-state index in [-0.39, 0.29) is 5.54 Å². The smallest absolute Gasteiger partial charge is 0.0602 e. The molecule has 3 aromatic rings. The van der Waals surface area contributed by atoms with Crippen LogP contribution in [0.4, 0.5) is 0 Å². The molecule has 1 aliphatic heterocycles. The van der Waals surface area contributed by atoms with Crippen LogP contribution >= 0.6 is 0 Å². The minimum Gasteiger partial charge on any atom is -0.309 e. The number of benzene rings is 3. The zero-order valence-corrected chi connectivity index (χ0v) is 16.0. The Kier molecular flexibility index (Phi) is 5.38. The van der Waals surface area contributed by atoms with Crippen LogP contribution in [-0.2, 0) is 6.42 Å². The molecule has 1 N–H and O–H groups in total. The fraction of sp³-hybridized carbons (Fsp3) is 0.280. The zero-order valence-electron chi connectivity index (χ0n) is 16.0. The van der Waals surface area contributed by atoms with Crippen molar-refractivity contribution in [2.24, 2.45) is 0 Å². The third kappa shape index (κ3) is 4.29. The van der Waals surface area contributed by atoms with Crippen molar-refractivity contribution in [2.45, 2.75) is 24.9 Å². The summed E-state index contributed by atoms with van der Waals surface area (Å²) in [5.41, 5.74) is 4.20. The SMILES string of the molecule is CC1(Cc2ccccc2)CN(C(c2ccccc2)c2ccccc2)CCN1. The Morgan fingerprint density at radius 1 is 0.815 bits per heavy atom. The van der Waals surface area contributed by atoms with Crippen molar-refractivity contribution in [2.75, 3.05) is 19.6 Å². The molecule has 138 valence electrons. The molecule has 0 bridgehead atoms. The van der Waals surface area contributed by atoms with Gasteiger partial charge in [0.2, 0.25) is 0 Å². The quantitative estimate of drug-likeness (QED) is 0.714. The molecule has 2 heteroatoms. The lowest BCUT2D eigenvalue weighted by molar-refractivity contribution is 0.115. The first-order valence-electron chi connectivity index (χ1n) is 9.86. The van der Waals surface area contributed by atoms with Crippen molar-refractivity contribution in [3.8, 4) is 0 Å². The molecule has 1 atom stereocenters. The molecule has 27 heavy (non-hydrogen) atoms. The first kappa shape index (κ1) is 18.0. The Labute approximate surface area is 162 Å². The van der Waals surface area contributed by atoms with Gasteiger partial charge in [0.1, 0.15) is 0 Å². The first-order chi connectivity index (χ1) is 13.2. The summed E-state index contributed by atoms with van der Waals surface area (Å²) in [6.45, 7) is 5.45. The van der Waals surface area contributed by atoms with E-state index in [1.54, 1.807) is 0 Å². The first-order valence-corrected chi connectivity index (χ1v) is 9.86. The number of nitrogens with one attached hydrogen (secondary N) is 1. The van der Waals surface area contributed by atoms with Gasteiger partial charge in [0, 0.05) is 25.2 Å². The van der Waals surface area contributed by atoms with Gasteiger partial charge in [0.25, 0.3) is 0 Å². The minimum absolute atomic E-state index is 0.0708. The Morgan fingerprint density at radius 3 is 1.89 bits per heavy atom. The van der Waals surface area contributed by atoms with Crippen LogP contribution in [0.3, 0.4) is 0 Å². The van der Waals surface area contributed by atoms with Gasteiger partial charge >= 0.3 is 0 Å². The third-order valence-electron chi connectivity index (χ3n) is 5.54. The van der Waals surface area contributed by atoms with Gasteiger partial charge in [-0.05, 0) is 30.0 Å². The van der Waals surface area contributed by atoms with Gasteiger partial charge in [0.05, 0.1) is 6.04 Å². The molecular weight excluding hydrogens is 328 g/mol. The molecule has 1 fully saturated rings. The Morgan fingerprint density at radius 2 is 1.33 bits per heavy atom. The van der Waals surface area contributed by atoms with E-state index in [1.807, 2.05) is 0 Å². The van der Waals surface area contributed by atoms with Crippen LogP contribution in [0.2, 0.25) is 0 Å². The predicted molar refractivity (Wildman–Crippen MR) is 113 cm³/mol. The number of hydrogen-bond acceptors (Lipinski definition) is 2. The van der Waals surface area contributed by atoms with Crippen molar-refractivity contribution in [3.63, 3.8) is 0 Å². The molecular formula is C25H28N2. The van der Waals surface area contributed by atoms with E-state index in [1.165, 1.54) is 16.7 Å². The van der Waals surface area contributed by atoms with Gasteiger partial charge in [-0.2, -0.15) is 0 Å². The molecule has 0 aromatic heterocycles. The number of piperazine rings is 1. The number of hydrogen-bond donors (Lipinski definition) is 1. The molecule has 0 saturated carbocycles. The Bertz CT molecular complexity index is 792. The fourth-order valence-corrected chi connectivity index (χ4v) is 4.35. The van der Waals surface area contributed by atoms with Crippen LogP contribution < -0.4 is 5.32 Å². The standard InChI is InChI=1S/C25H28N2/c1-25(19-21-11-5-2-6-12-21)20-27(18-17-26-25)24(22-13-7-3-8-14-22)23-15-9-4-10-16-23/h2-16,24,26H,17-20H2,1H3. The van der Waals surface area contributed by atoms with Crippen LogP contribution in [0.1, 0.15) is 29.7 Å². The summed E-state index contributed by atoms with van der Waals surface area (Å²) >= 11 is 0. The summed E-state index contributed by atoms with van der Waals surface area (Å²) in [5, 5.41) is 3.79. The second-order valence-corrected chi connectivity index (χ2v) is 7.84. The molecule has 0 amide bonds. The Hall–Kier alpha value is -2.42. The van der Waals surface area contributed by atoms with Crippen molar-refractivity contribution in [1.82, 2.24) is 10.2 Å². The summed E-state index contributed by atoms with van der Waals surface area (Å²) in [7, 11) is 0. The van der Waals surface area contributed by atoms with E-state index in [9.17, 15) is 0 Å². The lowest BCUT2D eigenvalue weighted by Crippen LogP contribution is -2.60. The molecule has 1 heterocycles. The van der Waals surface area contributed by atoms with Crippen molar-refractivity contribution < 1.29 is 0 Å². The van der Waals surface area contributed by atoms with Crippen LogP contribution in [0.5, 0.6) is 0 Å². The average molecular weight is 357 g/mol. The van der Waals surface area contributed by atoms with E-state index in [4.69, 9.17) is 0 Å². The third-order valence-corrected chi connectivity index (χ3v) is 5.54. The van der Waals surface area contributed by atoms with Crippen LogP contribution in [0, 0.1) is 0 Å². The van der Waals surface area contributed by atoms with Crippen LogP contribution in [-0.4, -0.2) is 30.1 Å². The molecule has 1 unspecified atom stereocenters. The second-order valence-electron chi connectivity index (χ2n) is 7.84. The van der Waals surface area contributed by atoms with Gasteiger partial charge in [-0.25, -0.2) is 0 Å². The molecule has 3 aromatic carbocycles. The summed E-state index contributed by atoms with van der Waals surface area (Å²) < 4.78 is 0. The molecule has 1 aliphatic rings. The van der Waals surface area contributed by atoms with Crippen molar-refractivity contribution >= 4 is 0 Å². The lowest BCUT2D eigenvalue weighted by atomic mass is 9.88. The maximum Gasteiger partial charge on any atom is 0.0602 e. The fourth-order valence-electron chi connectivity index (χ4n) is 4.35. The largest absolute Gasteiger partial charge is 0.309 e. The molecule has 0 radical (unpaired) electrons. The van der Waals surface area contributed by atoms with E-state index >= 15 is 0 Å².